The van der Waals surface area contributed by atoms with Crippen LogP contribution in [0.5, 0.6) is 0 Å². The minimum atomic E-state index is -0.132. The minimum Gasteiger partial charge on any atom is -0.369 e. The molecule has 1 aromatic carbocycles. The molecule has 2 rings (SSSR count). The van der Waals surface area contributed by atoms with E-state index in [-0.39, 0.29) is 11.0 Å². The maximum atomic E-state index is 11.4. The summed E-state index contributed by atoms with van der Waals surface area (Å²) in [5.74, 6) is 1.23. The van der Waals surface area contributed by atoms with Crippen molar-refractivity contribution in [3.05, 3.63) is 58.1 Å². The maximum Gasteiger partial charge on any atom is 0.252 e. The first-order chi connectivity index (χ1) is 8.97. The van der Waals surface area contributed by atoms with Crippen LogP contribution in [0.4, 0.5) is 5.82 Å². The van der Waals surface area contributed by atoms with E-state index < -0.39 is 0 Å². The predicted octanol–water partition coefficient (Wildman–Crippen LogP) is 2.47. The van der Waals surface area contributed by atoms with Crippen molar-refractivity contribution in [1.29, 1.82) is 0 Å². The van der Waals surface area contributed by atoms with Gasteiger partial charge in [-0.25, -0.2) is 4.98 Å². The largest absolute Gasteiger partial charge is 0.369 e. The predicted molar refractivity (Wildman–Crippen MR) is 77.6 cm³/mol. The summed E-state index contributed by atoms with van der Waals surface area (Å²) in [6, 6.07) is 11.8. The topological polar surface area (TPSA) is 57.8 Å². The molecule has 4 nitrogen and oxygen atoms in total. The summed E-state index contributed by atoms with van der Waals surface area (Å²) >= 11 is 0. The highest BCUT2D eigenvalue weighted by atomic mass is 16.1. The summed E-state index contributed by atoms with van der Waals surface area (Å²) in [6.45, 7) is 6.81. The Morgan fingerprint density at radius 1 is 1.26 bits per heavy atom. The zero-order chi connectivity index (χ0) is 13.9. The first kappa shape index (κ1) is 13.3. The molecule has 0 radical (unpaired) electrons. The Hall–Kier alpha value is -2.10. The Morgan fingerprint density at radius 3 is 2.58 bits per heavy atom. The molecule has 4 heteroatoms. The lowest BCUT2D eigenvalue weighted by atomic mass is 9.85. The van der Waals surface area contributed by atoms with Gasteiger partial charge in [0.05, 0.1) is 0 Å². The number of hydrogen-bond acceptors (Lipinski definition) is 3. The van der Waals surface area contributed by atoms with Gasteiger partial charge in [0.2, 0.25) is 0 Å². The number of nitrogens with zero attached hydrogens (tertiary/aromatic N) is 1. The van der Waals surface area contributed by atoms with Crippen LogP contribution in [0.15, 0.2) is 41.2 Å². The number of benzene rings is 1. The van der Waals surface area contributed by atoms with E-state index in [2.05, 4.69) is 41.3 Å². The summed E-state index contributed by atoms with van der Waals surface area (Å²) in [5.41, 5.74) is 1.09. The van der Waals surface area contributed by atoms with E-state index in [4.69, 9.17) is 0 Å². The number of H-pyrrole nitrogens is 1. The van der Waals surface area contributed by atoms with Gasteiger partial charge in [0.15, 0.2) is 0 Å². The molecule has 0 saturated carbocycles. The number of aryl methyl sites for hydroxylation is 1. The van der Waals surface area contributed by atoms with Crippen LogP contribution in [0, 0.1) is 6.92 Å². The molecule has 0 spiro atoms. The van der Waals surface area contributed by atoms with Crippen LogP contribution in [0.25, 0.3) is 0 Å². The van der Waals surface area contributed by atoms with Gasteiger partial charge < -0.3 is 10.3 Å². The molecule has 0 aliphatic heterocycles. The average Bonchev–Trinajstić information content (AvgIpc) is 2.37. The van der Waals surface area contributed by atoms with Gasteiger partial charge in [0, 0.05) is 18.0 Å². The van der Waals surface area contributed by atoms with Gasteiger partial charge in [-0.3, -0.25) is 4.79 Å². The summed E-state index contributed by atoms with van der Waals surface area (Å²) in [4.78, 5) is 18.3. The molecule has 0 saturated heterocycles. The molecule has 0 fully saturated rings. The number of rotatable bonds is 4. The van der Waals surface area contributed by atoms with E-state index in [9.17, 15) is 4.79 Å². The molecule has 1 heterocycles. The summed E-state index contributed by atoms with van der Waals surface area (Å²) in [6.07, 6.45) is 0. The first-order valence-electron chi connectivity index (χ1n) is 6.35. The van der Waals surface area contributed by atoms with Crippen molar-refractivity contribution >= 4 is 5.82 Å². The van der Waals surface area contributed by atoms with Crippen molar-refractivity contribution in [2.24, 2.45) is 0 Å². The lowest BCUT2D eigenvalue weighted by Gasteiger charge is -2.25. The van der Waals surface area contributed by atoms with Crippen molar-refractivity contribution < 1.29 is 0 Å². The van der Waals surface area contributed by atoms with Crippen molar-refractivity contribution in [3.63, 3.8) is 0 Å². The highest BCUT2D eigenvalue weighted by molar-refractivity contribution is 5.35. The zero-order valence-corrected chi connectivity index (χ0v) is 11.5. The molecular weight excluding hydrogens is 238 g/mol. The zero-order valence-electron chi connectivity index (χ0n) is 11.5. The Bertz CT molecular complexity index is 602. The van der Waals surface area contributed by atoms with Crippen molar-refractivity contribution in [2.75, 3.05) is 11.9 Å². The number of aromatic nitrogens is 2. The Balaban J connectivity index is 2.11. The fourth-order valence-electron chi connectivity index (χ4n) is 1.97. The number of anilines is 1. The Morgan fingerprint density at radius 2 is 1.95 bits per heavy atom. The molecule has 0 aliphatic carbocycles. The van der Waals surface area contributed by atoms with Gasteiger partial charge in [0.1, 0.15) is 11.6 Å². The SMILES string of the molecule is Cc1nc(NCC(C)(C)c2ccccc2)cc(=O)[nH]1. The summed E-state index contributed by atoms with van der Waals surface area (Å²) < 4.78 is 0. The summed E-state index contributed by atoms with van der Waals surface area (Å²) in [5, 5.41) is 3.23. The number of hydrogen-bond donors (Lipinski definition) is 2. The van der Waals surface area contributed by atoms with Crippen molar-refractivity contribution in [3.8, 4) is 0 Å². The second kappa shape index (κ2) is 5.26. The molecule has 1 aromatic heterocycles. The van der Waals surface area contributed by atoms with Crippen molar-refractivity contribution in [2.45, 2.75) is 26.2 Å². The molecule has 100 valence electrons. The molecular formula is C15H19N3O. The van der Waals surface area contributed by atoms with Gasteiger partial charge in [-0.05, 0) is 12.5 Å². The Kier molecular flexibility index (Phi) is 3.69. The second-order valence-electron chi connectivity index (χ2n) is 5.32. The van der Waals surface area contributed by atoms with Crippen molar-refractivity contribution in [1.82, 2.24) is 9.97 Å². The van der Waals surface area contributed by atoms with E-state index in [0.717, 1.165) is 0 Å². The van der Waals surface area contributed by atoms with Crippen LogP contribution in [-0.2, 0) is 5.41 Å². The van der Waals surface area contributed by atoms with Crippen LogP contribution in [0.3, 0.4) is 0 Å². The standard InChI is InChI=1S/C15H19N3O/c1-11-17-13(9-14(19)18-11)16-10-15(2,3)12-7-5-4-6-8-12/h4-9H,10H2,1-3H3,(H2,16,17,18,19). The van der Waals surface area contributed by atoms with Crippen LogP contribution < -0.4 is 10.9 Å². The van der Waals surface area contributed by atoms with E-state index in [1.54, 1.807) is 6.92 Å². The third kappa shape index (κ3) is 3.44. The highest BCUT2D eigenvalue weighted by Crippen LogP contribution is 2.22. The molecule has 2 N–H and O–H groups in total. The van der Waals surface area contributed by atoms with Gasteiger partial charge in [-0.15, -0.1) is 0 Å². The third-order valence-corrected chi connectivity index (χ3v) is 3.13. The number of aromatic amines is 1. The monoisotopic (exact) mass is 257 g/mol. The maximum absolute atomic E-state index is 11.4. The van der Waals surface area contributed by atoms with Crippen LogP contribution in [0.1, 0.15) is 25.2 Å². The molecule has 2 aromatic rings. The van der Waals surface area contributed by atoms with E-state index in [1.165, 1.54) is 11.6 Å². The lowest BCUT2D eigenvalue weighted by molar-refractivity contribution is 0.556. The molecule has 0 unspecified atom stereocenters. The molecule has 0 atom stereocenters. The quantitative estimate of drug-likeness (QED) is 0.884. The van der Waals surface area contributed by atoms with Gasteiger partial charge in [0.25, 0.3) is 5.56 Å². The third-order valence-electron chi connectivity index (χ3n) is 3.13. The van der Waals surface area contributed by atoms with E-state index in [1.807, 2.05) is 18.2 Å². The molecule has 19 heavy (non-hydrogen) atoms. The number of nitrogens with one attached hydrogen (secondary N) is 2. The Labute approximate surface area is 112 Å². The normalized spacial score (nSPS) is 11.3. The summed E-state index contributed by atoms with van der Waals surface area (Å²) in [7, 11) is 0. The molecule has 0 amide bonds. The van der Waals surface area contributed by atoms with E-state index >= 15 is 0 Å². The lowest BCUT2D eigenvalue weighted by Crippen LogP contribution is -2.28. The smallest absolute Gasteiger partial charge is 0.252 e. The van der Waals surface area contributed by atoms with Crippen LogP contribution in [-0.4, -0.2) is 16.5 Å². The van der Waals surface area contributed by atoms with E-state index in [0.29, 0.717) is 18.2 Å². The van der Waals surface area contributed by atoms with Gasteiger partial charge in [-0.1, -0.05) is 44.2 Å². The highest BCUT2D eigenvalue weighted by Gasteiger charge is 2.20. The average molecular weight is 257 g/mol. The minimum absolute atomic E-state index is 0.0283. The first-order valence-corrected chi connectivity index (χ1v) is 6.35. The van der Waals surface area contributed by atoms with Crippen LogP contribution >= 0.6 is 0 Å². The molecule has 0 bridgehead atoms. The van der Waals surface area contributed by atoms with Gasteiger partial charge >= 0.3 is 0 Å². The molecule has 0 aliphatic rings. The van der Waals surface area contributed by atoms with Crippen LogP contribution in [0.2, 0.25) is 0 Å². The fourth-order valence-corrected chi connectivity index (χ4v) is 1.97. The second-order valence-corrected chi connectivity index (χ2v) is 5.32. The van der Waals surface area contributed by atoms with Gasteiger partial charge in [-0.2, -0.15) is 0 Å². The fraction of sp³-hybridized carbons (Fsp3) is 0.333.